The van der Waals surface area contributed by atoms with Crippen LogP contribution in [-0.2, 0) is 5.41 Å². The van der Waals surface area contributed by atoms with E-state index in [0.717, 1.165) is 84.3 Å². The van der Waals surface area contributed by atoms with Crippen LogP contribution in [0.25, 0.3) is 61.0 Å². The lowest BCUT2D eigenvalue weighted by Gasteiger charge is -2.27. The number of pyridine rings is 1. The molecule has 0 amide bonds. The molecular formula is C61H50F2N4O. The third-order valence-corrected chi connectivity index (χ3v) is 13.0. The van der Waals surface area contributed by atoms with Gasteiger partial charge in [-0.05, 0) is 111 Å². The van der Waals surface area contributed by atoms with E-state index in [1.54, 1.807) is 0 Å². The molecule has 0 N–H and O–H groups in total. The number of fused-ring (bicyclic) bond motifs is 4. The summed E-state index contributed by atoms with van der Waals surface area (Å²) >= 11 is 0. The van der Waals surface area contributed by atoms with Gasteiger partial charge in [-0.3, -0.25) is 4.57 Å². The van der Waals surface area contributed by atoms with Crippen molar-refractivity contribution in [3.8, 4) is 50.7 Å². The number of benzene rings is 8. The van der Waals surface area contributed by atoms with Crippen molar-refractivity contribution < 1.29 is 14.9 Å². The molecule has 3 heterocycles. The van der Waals surface area contributed by atoms with Crippen LogP contribution < -0.4 is 14.5 Å². The van der Waals surface area contributed by atoms with Crippen LogP contribution in [0.3, 0.4) is 0 Å². The van der Waals surface area contributed by atoms with Gasteiger partial charge in [0.15, 0.2) is 0 Å². The van der Waals surface area contributed by atoms with Crippen molar-refractivity contribution in [1.82, 2.24) is 9.55 Å². The number of halogens is 2. The number of aromatic nitrogens is 2. The number of nitrogens with zero attached hydrogens (tertiary/aromatic N) is 4. The van der Waals surface area contributed by atoms with E-state index >= 15 is 8.78 Å². The first-order valence-corrected chi connectivity index (χ1v) is 23.0. The minimum atomic E-state index is -0.893. The van der Waals surface area contributed by atoms with Crippen molar-refractivity contribution in [2.45, 2.75) is 45.9 Å². The first-order chi connectivity index (χ1) is 33.3. The van der Waals surface area contributed by atoms with E-state index in [4.69, 9.17) is 9.72 Å². The molecule has 0 bridgehead atoms. The van der Waals surface area contributed by atoms with Gasteiger partial charge in [-0.15, -0.1) is 0 Å². The van der Waals surface area contributed by atoms with Gasteiger partial charge in [-0.1, -0.05) is 138 Å². The van der Waals surface area contributed by atoms with Crippen molar-refractivity contribution in [1.29, 1.82) is 0 Å². The molecule has 1 aliphatic rings. The fourth-order valence-corrected chi connectivity index (χ4v) is 9.78. The monoisotopic (exact) mass is 893 g/mol. The van der Waals surface area contributed by atoms with Crippen molar-refractivity contribution in [2.24, 2.45) is 0 Å². The van der Waals surface area contributed by atoms with E-state index in [2.05, 4.69) is 138 Å². The number of para-hydroxylation sites is 4. The van der Waals surface area contributed by atoms with Gasteiger partial charge in [0, 0.05) is 53.4 Å². The van der Waals surface area contributed by atoms with Gasteiger partial charge in [0.2, 0.25) is 0 Å². The first kappa shape index (κ1) is 41.4. The Balaban J connectivity index is 1.08. The molecule has 0 aliphatic carbocycles. The average molecular weight is 894 g/mol. The summed E-state index contributed by atoms with van der Waals surface area (Å²) in [5.41, 5.74) is 12.5. The predicted octanol–water partition coefficient (Wildman–Crippen LogP) is 16.9. The molecule has 7 heteroatoms. The van der Waals surface area contributed by atoms with Crippen molar-refractivity contribution >= 4 is 44.6 Å². The highest BCUT2D eigenvalue weighted by molar-refractivity contribution is 6.09. The maximum atomic E-state index is 15.0. The van der Waals surface area contributed by atoms with Gasteiger partial charge in [0.25, 0.3) is 0 Å². The lowest BCUT2D eigenvalue weighted by molar-refractivity contribution is 0.483. The fourth-order valence-electron chi connectivity index (χ4n) is 9.78. The quantitative estimate of drug-likeness (QED) is 0.145. The molecule has 2 aromatic heterocycles. The Kier molecular flexibility index (Phi) is 10.4. The Morgan fingerprint density at radius 2 is 1.21 bits per heavy atom. The largest absolute Gasteiger partial charge is 0.457 e. The summed E-state index contributed by atoms with van der Waals surface area (Å²) in [7, 11) is 0. The second kappa shape index (κ2) is 17.0. The predicted molar refractivity (Wildman–Crippen MR) is 276 cm³/mol. The summed E-state index contributed by atoms with van der Waals surface area (Å²) in [6, 6.07) is 61.3. The molecule has 0 saturated heterocycles. The smallest absolute Gasteiger partial charge is 0.137 e. The molecule has 334 valence electrons. The number of ether oxygens (including phenoxy) is 1. The van der Waals surface area contributed by atoms with Gasteiger partial charge in [-0.25, -0.2) is 13.8 Å². The van der Waals surface area contributed by atoms with Gasteiger partial charge in [-0.2, -0.15) is 0 Å². The molecule has 0 spiro atoms. The molecule has 0 saturated carbocycles. The minimum Gasteiger partial charge on any atom is -0.457 e. The van der Waals surface area contributed by atoms with Crippen molar-refractivity contribution in [3.63, 3.8) is 0 Å². The van der Waals surface area contributed by atoms with Crippen molar-refractivity contribution in [3.05, 3.63) is 217 Å². The van der Waals surface area contributed by atoms with Crippen LogP contribution in [0.15, 0.2) is 194 Å². The summed E-state index contributed by atoms with van der Waals surface area (Å²) in [5, 5.41) is 2.21. The Hall–Kier alpha value is -8.03. The SMILES string of the molecule is [2H]C(C)(C)c1ccccc1-c1cc(Oc2ccc3c4ccccc4n(-c4cc(C(C)(C)C)ccn4)c3c2)cc(N2CN(c3c(-c4ccccc4)cccc3-c3cc(F)cc(F)c3)c3ccccc32)c1. The number of hydrogen-bond donors (Lipinski definition) is 0. The molecule has 11 rings (SSSR count). The highest BCUT2D eigenvalue weighted by Crippen LogP contribution is 2.51. The zero-order chi connectivity index (χ0) is 47.6. The van der Waals surface area contributed by atoms with Crippen LogP contribution in [0.2, 0.25) is 0 Å². The van der Waals surface area contributed by atoms with E-state index in [1.807, 2.05) is 86.8 Å². The molecule has 0 unspecified atom stereocenters. The van der Waals surface area contributed by atoms with E-state index < -0.39 is 17.5 Å². The second-order valence-electron chi connectivity index (χ2n) is 18.8. The van der Waals surface area contributed by atoms with Crippen LogP contribution in [0.4, 0.5) is 31.5 Å². The molecule has 1 aliphatic heterocycles. The van der Waals surface area contributed by atoms with Gasteiger partial charge in [0.1, 0.15) is 35.6 Å². The number of anilines is 4. The molecule has 0 radical (unpaired) electrons. The average Bonchev–Trinajstić information content (AvgIpc) is 3.89. The topological polar surface area (TPSA) is 33.5 Å². The minimum absolute atomic E-state index is 0.0671. The number of hydrogen-bond acceptors (Lipinski definition) is 4. The summed E-state index contributed by atoms with van der Waals surface area (Å²) < 4.78 is 48.5. The normalized spacial score (nSPS) is 13.0. The zero-order valence-electron chi connectivity index (χ0n) is 39.6. The maximum absolute atomic E-state index is 15.0. The van der Waals surface area contributed by atoms with Gasteiger partial charge >= 0.3 is 0 Å². The van der Waals surface area contributed by atoms with Crippen LogP contribution in [0.5, 0.6) is 11.5 Å². The van der Waals surface area contributed by atoms with E-state index in [1.165, 1.54) is 17.7 Å². The maximum Gasteiger partial charge on any atom is 0.137 e. The highest BCUT2D eigenvalue weighted by Gasteiger charge is 2.32. The summed E-state index contributed by atoms with van der Waals surface area (Å²) in [6.07, 6.45) is 1.89. The van der Waals surface area contributed by atoms with Crippen LogP contribution >= 0.6 is 0 Å². The summed E-state index contributed by atoms with van der Waals surface area (Å²) in [5.74, 6) is -0.0695. The van der Waals surface area contributed by atoms with Crippen LogP contribution in [-0.4, -0.2) is 16.2 Å². The van der Waals surface area contributed by atoms with Gasteiger partial charge in [0.05, 0.1) is 28.1 Å². The molecule has 5 nitrogen and oxygen atoms in total. The highest BCUT2D eigenvalue weighted by atomic mass is 19.1. The standard InChI is InChI=1S/C61H50F2N4O/c1-39(2)49-18-9-10-19-50(49)42-32-46(36-48(33-42)68-47-26-27-54-53-20-11-12-23-55(53)67(58(54)37-47)59-34-43(28-29-64-59)61(3,4)5)65-38-66(57-25-14-13-24-56(57)65)60-51(40-16-7-6-8-17-40)21-15-22-52(60)41-30-44(62)35-45(63)31-41/h6-37,39H,38H2,1-5H3/i39D. The lowest BCUT2D eigenvalue weighted by Crippen LogP contribution is -2.25. The molecular weight excluding hydrogens is 843 g/mol. The number of rotatable bonds is 9. The second-order valence-corrected chi connectivity index (χ2v) is 18.8. The lowest BCUT2D eigenvalue weighted by atomic mass is 9.88. The Morgan fingerprint density at radius 3 is 1.97 bits per heavy atom. The Labute approximate surface area is 397 Å². The molecule has 8 aromatic carbocycles. The van der Waals surface area contributed by atoms with E-state index in [-0.39, 0.29) is 5.41 Å². The summed E-state index contributed by atoms with van der Waals surface area (Å²) in [6.45, 7) is 10.8. The summed E-state index contributed by atoms with van der Waals surface area (Å²) in [4.78, 5) is 9.39. The molecule has 0 atom stereocenters. The molecule has 10 aromatic rings. The third kappa shape index (κ3) is 7.73. The van der Waals surface area contributed by atoms with Crippen LogP contribution in [0, 0.1) is 11.6 Å². The van der Waals surface area contributed by atoms with Crippen LogP contribution in [0.1, 0.15) is 53.0 Å². The fraction of sp³-hybridized carbons (Fsp3) is 0.131. The van der Waals surface area contributed by atoms with E-state index in [9.17, 15) is 1.37 Å². The Morgan fingerprint density at radius 1 is 0.559 bits per heavy atom. The molecule has 68 heavy (non-hydrogen) atoms. The first-order valence-electron chi connectivity index (χ1n) is 23.5. The molecule has 0 fully saturated rings. The van der Waals surface area contributed by atoms with Gasteiger partial charge < -0.3 is 14.5 Å². The Bertz CT molecular complexity index is 3570. The van der Waals surface area contributed by atoms with Crippen molar-refractivity contribution in [2.75, 3.05) is 16.5 Å². The van der Waals surface area contributed by atoms with E-state index in [0.29, 0.717) is 29.3 Å². The zero-order valence-corrected chi connectivity index (χ0v) is 38.6. The third-order valence-electron chi connectivity index (χ3n) is 13.0.